The lowest BCUT2D eigenvalue weighted by molar-refractivity contribution is 0.0975. The van der Waals surface area contributed by atoms with Crippen LogP contribution in [0.3, 0.4) is 0 Å². The van der Waals surface area contributed by atoms with Crippen molar-refractivity contribution in [3.05, 3.63) is 93.3 Å². The van der Waals surface area contributed by atoms with E-state index in [0.29, 0.717) is 51.1 Å². The van der Waals surface area contributed by atoms with E-state index in [9.17, 15) is 14.4 Å². The fraction of sp³-hybridized carbons (Fsp3) is 0.511. The highest BCUT2D eigenvalue weighted by atomic mass is 16.5. The van der Waals surface area contributed by atoms with Crippen LogP contribution >= 0.6 is 0 Å². The molecule has 0 aliphatic heterocycles. The Kier molecular flexibility index (Phi) is 13.0. The summed E-state index contributed by atoms with van der Waals surface area (Å²) in [6.07, 6.45) is 17.3. The van der Waals surface area contributed by atoms with Gasteiger partial charge in [-0.25, -0.2) is 0 Å². The molecule has 0 fully saturated rings. The molecule has 52 heavy (non-hydrogen) atoms. The van der Waals surface area contributed by atoms with E-state index in [1.54, 1.807) is 19.2 Å². The minimum absolute atomic E-state index is 0.0129. The fourth-order valence-corrected chi connectivity index (χ4v) is 8.44. The van der Waals surface area contributed by atoms with E-state index < -0.39 is 0 Å². The van der Waals surface area contributed by atoms with Gasteiger partial charge >= 0.3 is 0 Å². The normalized spacial score (nSPS) is 12.7. The third-order valence-corrected chi connectivity index (χ3v) is 10.8. The highest BCUT2D eigenvalue weighted by Gasteiger charge is 2.34. The number of carbonyl (C=O) groups is 2. The van der Waals surface area contributed by atoms with Gasteiger partial charge in [-0.15, -0.1) is 0 Å². The molecule has 0 saturated carbocycles. The molecule has 0 saturated heterocycles. The van der Waals surface area contributed by atoms with Crippen LogP contribution in [-0.2, 0) is 12.5 Å². The highest BCUT2D eigenvalue weighted by Crippen LogP contribution is 2.45. The molecule has 0 spiro atoms. The van der Waals surface area contributed by atoms with Crippen LogP contribution in [0.15, 0.2) is 65.5 Å². The van der Waals surface area contributed by atoms with E-state index in [4.69, 9.17) is 4.74 Å². The molecule has 1 heterocycles. The molecule has 0 atom stereocenters. The van der Waals surface area contributed by atoms with E-state index >= 15 is 0 Å². The molecule has 0 radical (unpaired) electrons. The number of unbranched alkanes of at least 4 members (excludes halogenated alkanes) is 12. The van der Waals surface area contributed by atoms with E-state index in [1.807, 2.05) is 36.4 Å². The van der Waals surface area contributed by atoms with Gasteiger partial charge in [-0.2, -0.15) is 0 Å². The second kappa shape index (κ2) is 17.2. The number of rotatable bonds is 19. The number of Topliss-reactive ketones (excluding diaryl/α,β-unsaturated/α-hetero) is 1. The van der Waals surface area contributed by atoms with Crippen LogP contribution in [0.2, 0.25) is 0 Å². The Bertz CT molecular complexity index is 1920. The zero-order valence-corrected chi connectivity index (χ0v) is 33.0. The quantitative estimate of drug-likeness (QED) is 0.0634. The van der Waals surface area contributed by atoms with Crippen LogP contribution in [0, 0.1) is 5.41 Å². The Morgan fingerprint density at radius 3 is 1.81 bits per heavy atom. The predicted molar refractivity (Wildman–Crippen MR) is 216 cm³/mol. The van der Waals surface area contributed by atoms with Crippen LogP contribution in [0.4, 0.5) is 0 Å². The average Bonchev–Trinajstić information content (AvgIpc) is 3.10. The number of fused-ring (bicyclic) bond motifs is 2. The van der Waals surface area contributed by atoms with Crippen molar-refractivity contribution in [1.82, 2.24) is 4.57 Å². The zero-order valence-electron chi connectivity index (χ0n) is 33.0. The molecule has 1 aromatic heterocycles. The maximum absolute atomic E-state index is 14.3. The van der Waals surface area contributed by atoms with E-state index in [-0.39, 0.29) is 33.5 Å². The molecular weight excluding hydrogens is 643 g/mol. The third-order valence-electron chi connectivity index (χ3n) is 10.8. The molecule has 0 amide bonds. The van der Waals surface area contributed by atoms with Gasteiger partial charge < -0.3 is 9.30 Å². The number of hydrogen-bond donors (Lipinski definition) is 0. The van der Waals surface area contributed by atoms with Crippen molar-refractivity contribution in [2.45, 2.75) is 143 Å². The average molecular weight is 704 g/mol. The summed E-state index contributed by atoms with van der Waals surface area (Å²) in [6, 6.07) is 19.1. The van der Waals surface area contributed by atoms with Crippen molar-refractivity contribution in [2.24, 2.45) is 12.5 Å². The smallest absolute Gasteiger partial charge is 0.262 e. The molecular formula is C47H61NO4. The van der Waals surface area contributed by atoms with Crippen LogP contribution in [0.1, 0.15) is 170 Å². The Labute approximate surface area is 312 Å². The third kappa shape index (κ3) is 9.14. The predicted octanol–water partition coefficient (Wildman–Crippen LogP) is 12.9. The topological polar surface area (TPSA) is 65.4 Å². The number of aryl methyl sites for hydroxylation is 1. The molecule has 0 bridgehead atoms. The number of carbonyl (C=O) groups excluding carboxylic acids is 2. The molecule has 1 aliphatic rings. The van der Waals surface area contributed by atoms with Gasteiger partial charge in [0.2, 0.25) is 0 Å². The standard InChI is InChI=1S/C47H61NO4/c1-8-9-10-11-12-13-14-15-16-17-18-19-20-25-38(49)42-40-35-23-21-22-24-36(35)44(50)43-39(31-30-37(41(40)43)48(7)45(42)51)52-34-28-26-33(27-29-34)47(5,6)32-46(2,3)4/h21-24,26-31H,8-20,25,32H2,1-7H3. The fourth-order valence-electron chi connectivity index (χ4n) is 8.44. The van der Waals surface area contributed by atoms with Gasteiger partial charge in [0, 0.05) is 30.0 Å². The van der Waals surface area contributed by atoms with E-state index in [1.165, 1.54) is 74.3 Å². The number of ether oxygens (including phenoxy) is 1. The summed E-state index contributed by atoms with van der Waals surface area (Å²) in [6.45, 7) is 13.6. The molecule has 3 aromatic carbocycles. The number of nitrogens with zero attached hydrogens (tertiary/aromatic N) is 1. The summed E-state index contributed by atoms with van der Waals surface area (Å²) in [7, 11) is 1.69. The molecule has 1 aliphatic carbocycles. The number of hydrogen-bond acceptors (Lipinski definition) is 4. The molecule has 5 nitrogen and oxygen atoms in total. The van der Waals surface area contributed by atoms with Gasteiger partial charge in [0.05, 0.1) is 16.6 Å². The van der Waals surface area contributed by atoms with Crippen LogP contribution in [0.25, 0.3) is 22.0 Å². The van der Waals surface area contributed by atoms with Crippen molar-refractivity contribution in [2.75, 3.05) is 0 Å². The van der Waals surface area contributed by atoms with Gasteiger partial charge in [-0.1, -0.05) is 155 Å². The van der Waals surface area contributed by atoms with E-state index in [2.05, 4.69) is 53.7 Å². The van der Waals surface area contributed by atoms with Crippen molar-refractivity contribution >= 4 is 22.5 Å². The number of ketones is 2. The summed E-state index contributed by atoms with van der Waals surface area (Å²) < 4.78 is 8.01. The number of pyridine rings is 1. The monoisotopic (exact) mass is 703 g/mol. The van der Waals surface area contributed by atoms with Gasteiger partial charge in [-0.3, -0.25) is 14.4 Å². The van der Waals surface area contributed by atoms with Crippen LogP contribution < -0.4 is 10.3 Å². The summed E-state index contributed by atoms with van der Waals surface area (Å²) >= 11 is 0. The lowest BCUT2D eigenvalue weighted by Crippen LogP contribution is -2.28. The Morgan fingerprint density at radius 1 is 0.673 bits per heavy atom. The van der Waals surface area contributed by atoms with Gasteiger partial charge in [0.1, 0.15) is 11.5 Å². The number of benzene rings is 3. The highest BCUT2D eigenvalue weighted by molar-refractivity contribution is 6.29. The first-order valence-corrected chi connectivity index (χ1v) is 20.0. The first kappa shape index (κ1) is 39.2. The number of aromatic nitrogens is 1. The van der Waals surface area contributed by atoms with Gasteiger partial charge in [0.25, 0.3) is 5.56 Å². The first-order chi connectivity index (χ1) is 24.8. The van der Waals surface area contributed by atoms with Crippen LogP contribution in [0.5, 0.6) is 11.5 Å². The van der Waals surface area contributed by atoms with Crippen molar-refractivity contribution in [3.8, 4) is 22.6 Å². The first-order valence-electron chi connectivity index (χ1n) is 20.0. The SMILES string of the molecule is CCCCCCCCCCCCCCCC(=O)c1c2c3c(c(Oc4ccc(C(C)(C)CC(C)(C)C)cc4)ccc3n(C)c1=O)C(=O)c1ccccc1-2. The zero-order chi connectivity index (χ0) is 37.5. The Balaban J connectivity index is 1.36. The van der Waals surface area contributed by atoms with Gasteiger partial charge in [0.15, 0.2) is 11.6 Å². The van der Waals surface area contributed by atoms with Crippen molar-refractivity contribution < 1.29 is 14.3 Å². The summed E-state index contributed by atoms with van der Waals surface area (Å²) in [5.74, 6) is 0.724. The molecule has 5 heteroatoms. The second-order valence-corrected chi connectivity index (χ2v) is 17.0. The second-order valence-electron chi connectivity index (χ2n) is 17.0. The minimum atomic E-state index is -0.320. The lowest BCUT2D eigenvalue weighted by Gasteiger charge is -2.33. The summed E-state index contributed by atoms with van der Waals surface area (Å²) in [5.41, 5.74) is 3.95. The van der Waals surface area contributed by atoms with E-state index in [0.717, 1.165) is 25.7 Å². The molecule has 4 aromatic rings. The molecule has 0 unspecified atom stereocenters. The maximum Gasteiger partial charge on any atom is 0.262 e. The summed E-state index contributed by atoms with van der Waals surface area (Å²) in [4.78, 5) is 42.2. The van der Waals surface area contributed by atoms with Gasteiger partial charge in [-0.05, 0) is 59.1 Å². The molecule has 278 valence electrons. The van der Waals surface area contributed by atoms with Crippen LogP contribution in [-0.4, -0.2) is 16.1 Å². The minimum Gasteiger partial charge on any atom is -0.457 e. The van der Waals surface area contributed by atoms with Crippen molar-refractivity contribution in [3.63, 3.8) is 0 Å². The lowest BCUT2D eigenvalue weighted by atomic mass is 9.72. The molecule has 0 N–H and O–H groups in total. The maximum atomic E-state index is 14.3. The largest absolute Gasteiger partial charge is 0.457 e. The molecule has 5 rings (SSSR count). The Morgan fingerprint density at radius 2 is 1.23 bits per heavy atom. The summed E-state index contributed by atoms with van der Waals surface area (Å²) in [5, 5.41) is 0.611. The Hall–Kier alpha value is -3.99. The van der Waals surface area contributed by atoms with Crippen molar-refractivity contribution in [1.29, 1.82) is 0 Å².